The van der Waals surface area contributed by atoms with Gasteiger partial charge in [-0.25, -0.2) is 8.42 Å². The Morgan fingerprint density at radius 1 is 1.33 bits per heavy atom. The van der Waals surface area contributed by atoms with Gasteiger partial charge in [-0.2, -0.15) is 5.10 Å². The summed E-state index contributed by atoms with van der Waals surface area (Å²) in [5.74, 6) is 1.52. The number of anilines is 1. The van der Waals surface area contributed by atoms with Crippen molar-refractivity contribution < 1.29 is 17.9 Å². The first-order valence-corrected chi connectivity index (χ1v) is 8.30. The second-order valence-electron chi connectivity index (χ2n) is 4.97. The summed E-state index contributed by atoms with van der Waals surface area (Å²) in [6.45, 7) is 0.178. The van der Waals surface area contributed by atoms with Gasteiger partial charge in [-0.05, 0) is 17.7 Å². The number of benzene rings is 1. The molecular formula is C13H15N3O4S. The van der Waals surface area contributed by atoms with Gasteiger partial charge in [0.2, 0.25) is 6.79 Å². The van der Waals surface area contributed by atoms with Gasteiger partial charge in [-0.15, -0.1) is 0 Å². The normalized spacial score (nSPS) is 13.6. The molecule has 1 aliphatic heterocycles. The van der Waals surface area contributed by atoms with Crippen LogP contribution < -0.4 is 15.2 Å². The van der Waals surface area contributed by atoms with Crippen LogP contribution in [-0.2, 0) is 22.6 Å². The second-order valence-corrected chi connectivity index (χ2v) is 7.11. The van der Waals surface area contributed by atoms with Crippen LogP contribution in [0.5, 0.6) is 11.5 Å². The topological polar surface area (TPSA) is 96.4 Å². The number of aryl methyl sites for hydroxylation is 1. The number of sulfone groups is 1. The van der Waals surface area contributed by atoms with Gasteiger partial charge >= 0.3 is 0 Å². The highest BCUT2D eigenvalue weighted by Crippen LogP contribution is 2.38. The molecule has 0 spiro atoms. The molecule has 0 saturated heterocycles. The summed E-state index contributed by atoms with van der Waals surface area (Å²) in [5.41, 5.74) is 7.83. The zero-order valence-electron chi connectivity index (χ0n) is 11.7. The van der Waals surface area contributed by atoms with Crippen LogP contribution in [-0.4, -0.2) is 31.2 Å². The third-order valence-corrected chi connectivity index (χ3v) is 4.02. The molecule has 1 aliphatic rings. The Morgan fingerprint density at radius 3 is 2.76 bits per heavy atom. The van der Waals surface area contributed by atoms with E-state index in [9.17, 15) is 8.42 Å². The molecule has 0 amide bonds. The highest BCUT2D eigenvalue weighted by Gasteiger charge is 2.21. The smallest absolute Gasteiger partial charge is 0.231 e. The zero-order chi connectivity index (χ0) is 15.2. The molecule has 0 radical (unpaired) electrons. The Hall–Kier alpha value is -2.22. The summed E-state index contributed by atoms with van der Waals surface area (Å²) in [7, 11) is -1.53. The van der Waals surface area contributed by atoms with E-state index in [1.807, 2.05) is 6.07 Å². The van der Waals surface area contributed by atoms with Gasteiger partial charge in [0.05, 0.1) is 11.4 Å². The Kier molecular flexibility index (Phi) is 3.05. The largest absolute Gasteiger partial charge is 0.454 e. The van der Waals surface area contributed by atoms with E-state index in [1.165, 1.54) is 10.9 Å². The van der Waals surface area contributed by atoms with Crippen LogP contribution in [0.4, 0.5) is 5.82 Å². The van der Waals surface area contributed by atoms with Crippen molar-refractivity contribution in [1.82, 2.24) is 9.78 Å². The molecule has 0 fully saturated rings. The highest BCUT2D eigenvalue weighted by molar-refractivity contribution is 7.89. The van der Waals surface area contributed by atoms with E-state index < -0.39 is 9.84 Å². The number of hydrogen-bond acceptors (Lipinski definition) is 6. The molecule has 7 nitrogen and oxygen atoms in total. The molecule has 0 atom stereocenters. The van der Waals surface area contributed by atoms with Crippen LogP contribution in [0.2, 0.25) is 0 Å². The van der Waals surface area contributed by atoms with Crippen molar-refractivity contribution in [3.63, 3.8) is 0 Å². The highest BCUT2D eigenvalue weighted by atomic mass is 32.2. The minimum atomic E-state index is -3.21. The lowest BCUT2D eigenvalue weighted by Gasteiger charge is -2.05. The summed E-state index contributed by atoms with van der Waals surface area (Å²) >= 11 is 0. The van der Waals surface area contributed by atoms with Crippen LogP contribution in [0.25, 0.3) is 11.1 Å². The van der Waals surface area contributed by atoms with Crippen LogP contribution in [0, 0.1) is 0 Å². The molecule has 1 aromatic heterocycles. The van der Waals surface area contributed by atoms with Crippen molar-refractivity contribution >= 4 is 15.7 Å². The van der Waals surface area contributed by atoms with Gasteiger partial charge in [0, 0.05) is 18.9 Å². The minimum Gasteiger partial charge on any atom is -0.454 e. The molecule has 2 aromatic rings. The SMILES string of the molecule is Cn1nc(CS(C)(=O)=O)c(-c2ccc3c(c2)OCO3)c1N. The summed E-state index contributed by atoms with van der Waals surface area (Å²) in [4.78, 5) is 0. The lowest BCUT2D eigenvalue weighted by Crippen LogP contribution is -2.03. The van der Waals surface area contributed by atoms with Gasteiger partial charge < -0.3 is 15.2 Å². The van der Waals surface area contributed by atoms with E-state index >= 15 is 0 Å². The summed E-state index contributed by atoms with van der Waals surface area (Å²) in [6.07, 6.45) is 1.17. The molecule has 1 aromatic carbocycles. The number of hydrogen-bond donors (Lipinski definition) is 1. The number of ether oxygens (including phenoxy) is 2. The third kappa shape index (κ3) is 2.54. The first-order valence-electron chi connectivity index (χ1n) is 6.24. The number of rotatable bonds is 3. The fraction of sp³-hybridized carbons (Fsp3) is 0.308. The fourth-order valence-corrected chi connectivity index (χ4v) is 3.01. The summed E-state index contributed by atoms with van der Waals surface area (Å²) < 4.78 is 35.2. The maximum atomic E-state index is 11.6. The summed E-state index contributed by atoms with van der Waals surface area (Å²) in [5, 5.41) is 4.21. The molecule has 0 bridgehead atoms. The maximum Gasteiger partial charge on any atom is 0.231 e. The standard InChI is InChI=1S/C13H15N3O4S/c1-16-13(14)12(9(15-16)6-21(2,17)18)8-3-4-10-11(5-8)20-7-19-10/h3-5H,6-7,14H2,1-2H3. The molecule has 2 heterocycles. The second kappa shape index (κ2) is 4.66. The predicted molar refractivity (Wildman–Crippen MR) is 77.7 cm³/mol. The quantitative estimate of drug-likeness (QED) is 0.906. The Bertz CT molecular complexity index is 811. The molecule has 3 rings (SSSR count). The molecule has 0 unspecified atom stereocenters. The Labute approximate surface area is 122 Å². The number of nitrogens with two attached hydrogens (primary N) is 1. The Balaban J connectivity index is 2.13. The van der Waals surface area contributed by atoms with Crippen LogP contribution in [0.15, 0.2) is 18.2 Å². The molecule has 0 aliphatic carbocycles. The average Bonchev–Trinajstić information content (AvgIpc) is 2.93. The van der Waals surface area contributed by atoms with Gasteiger partial charge in [0.15, 0.2) is 21.3 Å². The number of aromatic nitrogens is 2. The zero-order valence-corrected chi connectivity index (χ0v) is 12.5. The molecule has 8 heteroatoms. The summed E-state index contributed by atoms with van der Waals surface area (Å²) in [6, 6.07) is 5.36. The van der Waals surface area contributed by atoms with Crippen LogP contribution in [0.1, 0.15) is 5.69 Å². The van der Waals surface area contributed by atoms with E-state index in [0.29, 0.717) is 28.6 Å². The minimum absolute atomic E-state index is 0.165. The van der Waals surface area contributed by atoms with E-state index in [4.69, 9.17) is 15.2 Å². The fourth-order valence-electron chi connectivity index (χ4n) is 2.31. The average molecular weight is 309 g/mol. The molecule has 0 saturated carbocycles. The molecular weight excluding hydrogens is 294 g/mol. The van der Waals surface area contributed by atoms with Crippen molar-refractivity contribution in [1.29, 1.82) is 0 Å². The van der Waals surface area contributed by atoms with E-state index in [1.54, 1.807) is 19.2 Å². The van der Waals surface area contributed by atoms with Crippen molar-refractivity contribution in [2.24, 2.45) is 7.05 Å². The molecule has 21 heavy (non-hydrogen) atoms. The number of nitrogen functional groups attached to an aromatic ring is 1. The monoisotopic (exact) mass is 309 g/mol. The van der Waals surface area contributed by atoms with Crippen molar-refractivity contribution in [3.05, 3.63) is 23.9 Å². The molecule has 112 valence electrons. The van der Waals surface area contributed by atoms with E-state index in [2.05, 4.69) is 5.10 Å². The first kappa shape index (κ1) is 13.7. The van der Waals surface area contributed by atoms with Gasteiger partial charge in [0.1, 0.15) is 5.82 Å². The van der Waals surface area contributed by atoms with Crippen molar-refractivity contribution in [2.75, 3.05) is 18.8 Å². The van der Waals surface area contributed by atoms with E-state index in [0.717, 1.165) is 5.56 Å². The van der Waals surface area contributed by atoms with Crippen molar-refractivity contribution in [3.8, 4) is 22.6 Å². The predicted octanol–water partition coefficient (Wildman–Crippen LogP) is 0.943. The number of nitrogens with zero attached hydrogens (tertiary/aromatic N) is 2. The maximum absolute atomic E-state index is 11.6. The Morgan fingerprint density at radius 2 is 2.05 bits per heavy atom. The van der Waals surface area contributed by atoms with Gasteiger partial charge in [-0.1, -0.05) is 6.07 Å². The van der Waals surface area contributed by atoms with Crippen LogP contribution in [0.3, 0.4) is 0 Å². The first-order chi connectivity index (χ1) is 9.85. The van der Waals surface area contributed by atoms with Crippen LogP contribution >= 0.6 is 0 Å². The third-order valence-electron chi connectivity index (χ3n) is 3.22. The van der Waals surface area contributed by atoms with Gasteiger partial charge in [-0.3, -0.25) is 4.68 Å². The van der Waals surface area contributed by atoms with E-state index in [-0.39, 0.29) is 12.5 Å². The van der Waals surface area contributed by atoms with Gasteiger partial charge in [0.25, 0.3) is 0 Å². The van der Waals surface area contributed by atoms with Crippen molar-refractivity contribution in [2.45, 2.75) is 5.75 Å². The molecule has 2 N–H and O–H groups in total. The lowest BCUT2D eigenvalue weighted by molar-refractivity contribution is 0.174. The lowest BCUT2D eigenvalue weighted by atomic mass is 10.1. The number of fused-ring (bicyclic) bond motifs is 1.